The minimum atomic E-state index is -0.652. The molecule has 0 saturated heterocycles. The van der Waals surface area contributed by atoms with Crippen LogP contribution in [0.3, 0.4) is 0 Å². The first-order chi connectivity index (χ1) is 14.0. The van der Waals surface area contributed by atoms with Crippen molar-refractivity contribution in [3.8, 4) is 17.2 Å². The first-order valence-corrected chi connectivity index (χ1v) is 9.03. The van der Waals surface area contributed by atoms with E-state index in [9.17, 15) is 14.0 Å². The predicted octanol–water partition coefficient (Wildman–Crippen LogP) is 2.73. The van der Waals surface area contributed by atoms with Gasteiger partial charge in [0.15, 0.2) is 23.1 Å². The van der Waals surface area contributed by atoms with Gasteiger partial charge in [0.2, 0.25) is 12.7 Å². The average Bonchev–Trinajstić information content (AvgIpc) is 3.15. The van der Waals surface area contributed by atoms with Crippen molar-refractivity contribution in [3.63, 3.8) is 0 Å². The minimum absolute atomic E-state index is 0.0152. The van der Waals surface area contributed by atoms with Crippen LogP contribution in [-0.4, -0.2) is 43.8 Å². The number of hydrogen-bond donors (Lipinski definition) is 2. The highest BCUT2D eigenvalue weighted by Gasteiger charge is 2.16. The zero-order chi connectivity index (χ0) is 20.8. The molecule has 8 nitrogen and oxygen atoms in total. The van der Waals surface area contributed by atoms with Crippen LogP contribution in [0.25, 0.3) is 0 Å². The highest BCUT2D eigenvalue weighted by molar-refractivity contribution is 6.01. The Balaban J connectivity index is 1.51. The van der Waals surface area contributed by atoms with Crippen molar-refractivity contribution in [2.45, 2.75) is 13.5 Å². The van der Waals surface area contributed by atoms with Gasteiger partial charge in [0.1, 0.15) is 0 Å². The Morgan fingerprint density at radius 2 is 1.97 bits per heavy atom. The summed E-state index contributed by atoms with van der Waals surface area (Å²) >= 11 is 0. The van der Waals surface area contributed by atoms with E-state index in [0.29, 0.717) is 35.8 Å². The van der Waals surface area contributed by atoms with Crippen LogP contribution >= 0.6 is 0 Å². The third kappa shape index (κ3) is 5.35. The van der Waals surface area contributed by atoms with Crippen molar-refractivity contribution in [1.82, 2.24) is 10.2 Å². The van der Waals surface area contributed by atoms with E-state index in [4.69, 9.17) is 14.2 Å². The summed E-state index contributed by atoms with van der Waals surface area (Å²) in [5.74, 6) is 0.348. The lowest BCUT2D eigenvalue weighted by Gasteiger charge is -2.20. The van der Waals surface area contributed by atoms with Gasteiger partial charge in [-0.1, -0.05) is 13.0 Å². The molecule has 0 radical (unpaired) electrons. The maximum Gasteiger partial charge on any atom is 0.325 e. The number of nitrogens with one attached hydrogen (secondary N) is 2. The maximum atomic E-state index is 13.8. The fraction of sp³-hybridized carbons (Fsp3) is 0.300. The van der Waals surface area contributed by atoms with E-state index in [-0.39, 0.29) is 19.1 Å². The van der Waals surface area contributed by atoms with E-state index in [1.54, 1.807) is 29.2 Å². The molecule has 154 valence electrons. The SMILES string of the molecule is CCN(CC(=O)NC(=O)Nc1ccc2c(c1)OCO2)Cc1ccc(OC)c(F)c1. The summed E-state index contributed by atoms with van der Waals surface area (Å²) in [6, 6.07) is 8.92. The number of rotatable bonds is 7. The number of likely N-dealkylation sites (N-methyl/N-ethyl adjacent to an activating group) is 1. The Kier molecular flexibility index (Phi) is 6.50. The summed E-state index contributed by atoms with van der Waals surface area (Å²) in [6.45, 7) is 2.90. The zero-order valence-electron chi connectivity index (χ0n) is 16.2. The maximum absolute atomic E-state index is 13.8. The molecule has 1 aliphatic rings. The molecule has 0 atom stereocenters. The monoisotopic (exact) mass is 403 g/mol. The molecule has 29 heavy (non-hydrogen) atoms. The molecule has 2 aromatic rings. The number of nitrogens with zero attached hydrogens (tertiary/aromatic N) is 1. The lowest BCUT2D eigenvalue weighted by atomic mass is 10.2. The topological polar surface area (TPSA) is 89.1 Å². The first kappa shape index (κ1) is 20.4. The van der Waals surface area contributed by atoms with E-state index in [0.717, 1.165) is 0 Å². The number of amides is 3. The molecule has 0 unspecified atom stereocenters. The second-order valence-electron chi connectivity index (χ2n) is 6.34. The molecular weight excluding hydrogens is 381 g/mol. The van der Waals surface area contributed by atoms with Gasteiger partial charge in [0, 0.05) is 18.3 Å². The van der Waals surface area contributed by atoms with E-state index in [1.807, 2.05) is 6.92 Å². The van der Waals surface area contributed by atoms with Crippen molar-refractivity contribution < 1.29 is 28.2 Å². The van der Waals surface area contributed by atoms with Gasteiger partial charge in [-0.2, -0.15) is 0 Å². The second kappa shape index (κ2) is 9.24. The second-order valence-corrected chi connectivity index (χ2v) is 6.34. The molecular formula is C20H22FN3O5. The largest absolute Gasteiger partial charge is 0.494 e. The summed E-state index contributed by atoms with van der Waals surface area (Å²) in [5, 5.41) is 4.85. The zero-order valence-corrected chi connectivity index (χ0v) is 16.2. The minimum Gasteiger partial charge on any atom is -0.494 e. The Morgan fingerprint density at radius 3 is 2.69 bits per heavy atom. The molecule has 3 amide bonds. The highest BCUT2D eigenvalue weighted by Crippen LogP contribution is 2.34. The molecule has 2 aromatic carbocycles. The molecule has 0 bridgehead atoms. The summed E-state index contributed by atoms with van der Waals surface area (Å²) < 4.78 is 29.2. The van der Waals surface area contributed by atoms with Crippen LogP contribution in [0, 0.1) is 5.82 Å². The number of carbonyl (C=O) groups is 2. The number of carbonyl (C=O) groups excluding carboxylic acids is 2. The predicted molar refractivity (Wildman–Crippen MR) is 104 cm³/mol. The smallest absolute Gasteiger partial charge is 0.325 e. The fourth-order valence-corrected chi connectivity index (χ4v) is 2.85. The molecule has 3 rings (SSSR count). The number of ether oxygens (including phenoxy) is 3. The van der Waals surface area contributed by atoms with Crippen LogP contribution in [0.1, 0.15) is 12.5 Å². The van der Waals surface area contributed by atoms with Gasteiger partial charge in [-0.05, 0) is 36.4 Å². The molecule has 1 heterocycles. The number of urea groups is 1. The van der Waals surface area contributed by atoms with Crippen LogP contribution in [0.4, 0.5) is 14.9 Å². The van der Waals surface area contributed by atoms with Crippen LogP contribution < -0.4 is 24.8 Å². The number of anilines is 1. The van der Waals surface area contributed by atoms with Crippen LogP contribution in [0.15, 0.2) is 36.4 Å². The van der Waals surface area contributed by atoms with Gasteiger partial charge in [0.05, 0.1) is 13.7 Å². The molecule has 2 N–H and O–H groups in total. The van der Waals surface area contributed by atoms with Gasteiger partial charge < -0.3 is 19.5 Å². The molecule has 0 aliphatic carbocycles. The van der Waals surface area contributed by atoms with Crippen molar-refractivity contribution in [2.24, 2.45) is 0 Å². The number of methoxy groups -OCH3 is 1. The summed E-state index contributed by atoms with van der Waals surface area (Å²) in [6.07, 6.45) is 0. The van der Waals surface area contributed by atoms with Gasteiger partial charge in [-0.3, -0.25) is 15.0 Å². The lowest BCUT2D eigenvalue weighted by molar-refractivity contribution is -0.121. The van der Waals surface area contributed by atoms with Crippen LogP contribution in [0.5, 0.6) is 17.2 Å². The Hall–Kier alpha value is -3.33. The fourth-order valence-electron chi connectivity index (χ4n) is 2.85. The molecule has 0 aromatic heterocycles. The quantitative estimate of drug-likeness (QED) is 0.739. The van der Waals surface area contributed by atoms with Gasteiger partial charge in [-0.15, -0.1) is 0 Å². The number of hydrogen-bond acceptors (Lipinski definition) is 6. The van der Waals surface area contributed by atoms with Crippen molar-refractivity contribution >= 4 is 17.6 Å². The first-order valence-electron chi connectivity index (χ1n) is 9.03. The van der Waals surface area contributed by atoms with Gasteiger partial charge in [0.25, 0.3) is 0 Å². The van der Waals surface area contributed by atoms with E-state index in [2.05, 4.69) is 10.6 Å². The Morgan fingerprint density at radius 1 is 1.17 bits per heavy atom. The van der Waals surface area contributed by atoms with Crippen molar-refractivity contribution in [2.75, 3.05) is 32.3 Å². The normalized spacial score (nSPS) is 12.0. The van der Waals surface area contributed by atoms with E-state index in [1.165, 1.54) is 19.2 Å². The van der Waals surface area contributed by atoms with Crippen molar-refractivity contribution in [3.05, 3.63) is 47.8 Å². The standard InChI is InChI=1S/C20H22FN3O5/c1-3-24(10-13-4-6-16(27-2)15(21)8-13)11-19(25)23-20(26)22-14-5-7-17-18(9-14)29-12-28-17/h4-9H,3,10-12H2,1-2H3,(H2,22,23,25,26). The van der Waals surface area contributed by atoms with E-state index >= 15 is 0 Å². The molecule has 1 aliphatic heterocycles. The van der Waals surface area contributed by atoms with E-state index < -0.39 is 17.8 Å². The van der Waals surface area contributed by atoms with Gasteiger partial charge >= 0.3 is 6.03 Å². The summed E-state index contributed by atoms with van der Waals surface area (Å²) in [5.41, 5.74) is 1.17. The average molecular weight is 403 g/mol. The lowest BCUT2D eigenvalue weighted by Crippen LogP contribution is -2.41. The molecule has 0 spiro atoms. The molecule has 9 heteroatoms. The number of benzene rings is 2. The highest BCUT2D eigenvalue weighted by atomic mass is 19.1. The third-order valence-electron chi connectivity index (χ3n) is 4.32. The van der Waals surface area contributed by atoms with Gasteiger partial charge in [-0.25, -0.2) is 9.18 Å². The third-order valence-corrected chi connectivity index (χ3v) is 4.32. The Labute approximate surface area is 167 Å². The number of halogens is 1. The van der Waals surface area contributed by atoms with Crippen LogP contribution in [-0.2, 0) is 11.3 Å². The molecule has 0 saturated carbocycles. The van der Waals surface area contributed by atoms with Crippen LogP contribution in [0.2, 0.25) is 0 Å². The Bertz CT molecular complexity index is 906. The number of imide groups is 1. The molecule has 0 fully saturated rings. The summed E-state index contributed by atoms with van der Waals surface area (Å²) in [7, 11) is 1.40. The summed E-state index contributed by atoms with van der Waals surface area (Å²) in [4.78, 5) is 26.1. The van der Waals surface area contributed by atoms with Crippen molar-refractivity contribution in [1.29, 1.82) is 0 Å². The number of fused-ring (bicyclic) bond motifs is 1.